The fourth-order valence-electron chi connectivity index (χ4n) is 1.40. The number of nitrogens with one attached hydrogen (secondary N) is 1. The van der Waals surface area contributed by atoms with Crippen molar-refractivity contribution in [3.8, 4) is 0 Å². The van der Waals surface area contributed by atoms with Crippen LogP contribution in [0.4, 0.5) is 4.79 Å². The minimum atomic E-state index is -1.01. The molecule has 100 valence electrons. The Balaban J connectivity index is 2.33. The molecular formula is C11H17N3O3S. The second kappa shape index (κ2) is 6.95. The van der Waals surface area contributed by atoms with Gasteiger partial charge in [0.05, 0.1) is 5.01 Å². The Kier molecular flexibility index (Phi) is 5.57. The second-order valence-corrected chi connectivity index (χ2v) is 4.72. The summed E-state index contributed by atoms with van der Waals surface area (Å²) in [6, 6.07) is -0.354. The van der Waals surface area contributed by atoms with Crippen molar-refractivity contribution in [2.45, 2.75) is 20.3 Å². The van der Waals surface area contributed by atoms with Crippen molar-refractivity contribution in [1.82, 2.24) is 15.2 Å². The van der Waals surface area contributed by atoms with Gasteiger partial charge in [-0.25, -0.2) is 9.78 Å². The molecule has 1 rings (SSSR count). The van der Waals surface area contributed by atoms with Gasteiger partial charge in [-0.2, -0.15) is 0 Å². The number of aliphatic carboxylic acids is 1. The number of hydrogen-bond acceptors (Lipinski definition) is 4. The number of carboxylic acid groups (broad SMARTS) is 1. The molecular weight excluding hydrogens is 254 g/mol. The first-order valence-corrected chi connectivity index (χ1v) is 6.56. The summed E-state index contributed by atoms with van der Waals surface area (Å²) in [4.78, 5) is 27.7. The smallest absolute Gasteiger partial charge is 0.323 e. The van der Waals surface area contributed by atoms with Crippen LogP contribution in [0.25, 0.3) is 0 Å². The van der Waals surface area contributed by atoms with Gasteiger partial charge in [-0.15, -0.1) is 11.3 Å². The summed E-state index contributed by atoms with van der Waals surface area (Å²) < 4.78 is 0. The zero-order chi connectivity index (χ0) is 13.5. The van der Waals surface area contributed by atoms with Gasteiger partial charge in [0, 0.05) is 30.6 Å². The van der Waals surface area contributed by atoms with E-state index in [0.717, 1.165) is 10.7 Å². The average Bonchev–Trinajstić information content (AvgIpc) is 2.71. The summed E-state index contributed by atoms with van der Waals surface area (Å²) in [6.45, 7) is 4.21. The summed E-state index contributed by atoms with van der Waals surface area (Å²) in [5.41, 5.74) is 0.974. The predicted octanol–water partition coefficient (Wildman–Crippen LogP) is 1.11. The largest absolute Gasteiger partial charge is 0.480 e. The maximum atomic E-state index is 11.6. The highest BCUT2D eigenvalue weighted by molar-refractivity contribution is 7.09. The number of urea groups is 1. The van der Waals surface area contributed by atoms with Gasteiger partial charge in [-0.3, -0.25) is 4.79 Å². The third-order valence-electron chi connectivity index (χ3n) is 2.28. The molecule has 2 N–H and O–H groups in total. The quantitative estimate of drug-likeness (QED) is 0.812. The zero-order valence-electron chi connectivity index (χ0n) is 10.5. The van der Waals surface area contributed by atoms with Crippen molar-refractivity contribution >= 4 is 23.3 Å². The van der Waals surface area contributed by atoms with E-state index in [1.807, 2.05) is 12.3 Å². The highest BCUT2D eigenvalue weighted by atomic mass is 32.1. The van der Waals surface area contributed by atoms with Crippen LogP contribution in [-0.4, -0.2) is 46.6 Å². The highest BCUT2D eigenvalue weighted by Crippen LogP contribution is 2.08. The molecule has 1 aromatic rings. The van der Waals surface area contributed by atoms with Crippen LogP contribution in [-0.2, 0) is 11.2 Å². The molecule has 6 nitrogen and oxygen atoms in total. The number of likely N-dealkylation sites (N-methyl/N-ethyl adjacent to an activating group) is 1. The molecule has 2 amide bonds. The molecule has 0 atom stereocenters. The first-order chi connectivity index (χ1) is 8.52. The van der Waals surface area contributed by atoms with Crippen LogP contribution >= 0.6 is 11.3 Å². The van der Waals surface area contributed by atoms with E-state index in [1.165, 1.54) is 4.90 Å². The summed E-state index contributed by atoms with van der Waals surface area (Å²) in [7, 11) is 0. The molecule has 0 saturated carbocycles. The number of aromatic nitrogens is 1. The fraction of sp³-hybridized carbons (Fsp3) is 0.545. The SMILES string of the molecule is CCN(CC(=O)O)C(=O)NCCc1nc(C)cs1. The first kappa shape index (κ1) is 14.4. The van der Waals surface area contributed by atoms with Gasteiger partial charge >= 0.3 is 12.0 Å². The summed E-state index contributed by atoms with van der Waals surface area (Å²) in [5, 5.41) is 14.3. The molecule has 1 aromatic heterocycles. The molecule has 0 aliphatic rings. The van der Waals surface area contributed by atoms with Gasteiger partial charge in [-0.05, 0) is 13.8 Å². The number of thiazole rings is 1. The number of carboxylic acids is 1. The Hall–Kier alpha value is -1.63. The van der Waals surface area contributed by atoms with Crippen molar-refractivity contribution in [2.75, 3.05) is 19.6 Å². The number of carbonyl (C=O) groups is 2. The van der Waals surface area contributed by atoms with Crippen LogP contribution in [0.3, 0.4) is 0 Å². The average molecular weight is 271 g/mol. The lowest BCUT2D eigenvalue weighted by Gasteiger charge is -2.18. The van der Waals surface area contributed by atoms with E-state index in [2.05, 4.69) is 10.3 Å². The van der Waals surface area contributed by atoms with E-state index in [1.54, 1.807) is 18.3 Å². The number of aryl methyl sites for hydroxylation is 1. The van der Waals surface area contributed by atoms with E-state index in [9.17, 15) is 9.59 Å². The van der Waals surface area contributed by atoms with Crippen LogP contribution < -0.4 is 5.32 Å². The summed E-state index contributed by atoms with van der Waals surface area (Å²) >= 11 is 1.56. The number of nitrogens with zero attached hydrogens (tertiary/aromatic N) is 2. The van der Waals surface area contributed by atoms with E-state index in [-0.39, 0.29) is 12.6 Å². The molecule has 18 heavy (non-hydrogen) atoms. The topological polar surface area (TPSA) is 82.5 Å². The molecule has 0 radical (unpaired) electrons. The van der Waals surface area contributed by atoms with Crippen molar-refractivity contribution in [3.63, 3.8) is 0 Å². The summed E-state index contributed by atoms with van der Waals surface area (Å²) in [6.07, 6.45) is 0.662. The van der Waals surface area contributed by atoms with Crippen LogP contribution in [0.5, 0.6) is 0 Å². The third kappa shape index (κ3) is 4.70. The highest BCUT2D eigenvalue weighted by Gasteiger charge is 2.14. The lowest BCUT2D eigenvalue weighted by atomic mass is 10.4. The van der Waals surface area contributed by atoms with Crippen LogP contribution in [0.2, 0.25) is 0 Å². The molecule has 0 aliphatic carbocycles. The molecule has 0 saturated heterocycles. The lowest BCUT2D eigenvalue weighted by molar-refractivity contribution is -0.137. The molecule has 0 fully saturated rings. The second-order valence-electron chi connectivity index (χ2n) is 3.77. The van der Waals surface area contributed by atoms with Gasteiger partial charge in [0.15, 0.2) is 0 Å². The van der Waals surface area contributed by atoms with Crippen LogP contribution in [0.15, 0.2) is 5.38 Å². The standard InChI is InChI=1S/C11H17N3O3S/c1-3-14(6-10(15)16)11(17)12-5-4-9-13-8(2)7-18-9/h7H,3-6H2,1-2H3,(H,12,17)(H,15,16). The Morgan fingerprint density at radius 2 is 2.28 bits per heavy atom. The Bertz CT molecular complexity index is 419. The maximum absolute atomic E-state index is 11.6. The molecule has 7 heteroatoms. The van der Waals surface area contributed by atoms with Gasteiger partial charge in [0.25, 0.3) is 0 Å². The Labute approximate surface area is 110 Å². The molecule has 0 unspecified atom stereocenters. The maximum Gasteiger partial charge on any atom is 0.323 e. The van der Waals surface area contributed by atoms with Crippen LogP contribution in [0, 0.1) is 6.92 Å². The molecule has 0 aromatic carbocycles. The monoisotopic (exact) mass is 271 g/mol. The van der Waals surface area contributed by atoms with E-state index in [0.29, 0.717) is 19.5 Å². The lowest BCUT2D eigenvalue weighted by Crippen LogP contribution is -2.43. The fourth-order valence-corrected chi connectivity index (χ4v) is 2.17. The third-order valence-corrected chi connectivity index (χ3v) is 3.30. The molecule has 0 spiro atoms. The predicted molar refractivity (Wildman–Crippen MR) is 68.8 cm³/mol. The number of hydrogen-bond donors (Lipinski definition) is 2. The van der Waals surface area contributed by atoms with Crippen molar-refractivity contribution in [1.29, 1.82) is 0 Å². The normalized spacial score (nSPS) is 10.1. The van der Waals surface area contributed by atoms with E-state index in [4.69, 9.17) is 5.11 Å². The van der Waals surface area contributed by atoms with Gasteiger partial charge < -0.3 is 15.3 Å². The Morgan fingerprint density at radius 3 is 2.78 bits per heavy atom. The minimum Gasteiger partial charge on any atom is -0.480 e. The molecule has 0 aliphatic heterocycles. The molecule has 1 heterocycles. The van der Waals surface area contributed by atoms with Gasteiger partial charge in [0.1, 0.15) is 6.54 Å². The number of carbonyl (C=O) groups excluding carboxylic acids is 1. The first-order valence-electron chi connectivity index (χ1n) is 5.68. The van der Waals surface area contributed by atoms with E-state index < -0.39 is 5.97 Å². The van der Waals surface area contributed by atoms with Crippen molar-refractivity contribution in [3.05, 3.63) is 16.1 Å². The zero-order valence-corrected chi connectivity index (χ0v) is 11.3. The van der Waals surface area contributed by atoms with E-state index >= 15 is 0 Å². The number of rotatable bonds is 6. The summed E-state index contributed by atoms with van der Waals surface area (Å²) in [5.74, 6) is -1.01. The Morgan fingerprint density at radius 1 is 1.56 bits per heavy atom. The van der Waals surface area contributed by atoms with Gasteiger partial charge in [-0.1, -0.05) is 0 Å². The minimum absolute atomic E-state index is 0.279. The van der Waals surface area contributed by atoms with Crippen molar-refractivity contribution < 1.29 is 14.7 Å². The van der Waals surface area contributed by atoms with Crippen molar-refractivity contribution in [2.24, 2.45) is 0 Å². The van der Waals surface area contributed by atoms with Gasteiger partial charge in [0.2, 0.25) is 0 Å². The molecule has 0 bridgehead atoms. The number of amides is 2. The van der Waals surface area contributed by atoms with Crippen LogP contribution in [0.1, 0.15) is 17.6 Å².